The van der Waals surface area contributed by atoms with E-state index in [4.69, 9.17) is 23.2 Å². The lowest BCUT2D eigenvalue weighted by Crippen LogP contribution is -1.82. The molecule has 0 atom stereocenters. The highest BCUT2D eigenvalue weighted by molar-refractivity contribution is 7.98. The first-order valence-electron chi connectivity index (χ1n) is 6.93. The molecule has 0 radical (unpaired) electrons. The Kier molecular flexibility index (Phi) is 5.39. The van der Waals surface area contributed by atoms with Crippen LogP contribution in [0.15, 0.2) is 53.7 Å². The third-order valence-electron chi connectivity index (χ3n) is 3.07. The highest BCUT2D eigenvalue weighted by Gasteiger charge is 2.04. The van der Waals surface area contributed by atoms with Crippen molar-refractivity contribution in [3.8, 4) is 0 Å². The molecule has 2 aromatic carbocycles. The Morgan fingerprint density at radius 1 is 1.00 bits per heavy atom. The van der Waals surface area contributed by atoms with E-state index in [0.717, 1.165) is 22.7 Å². The van der Waals surface area contributed by atoms with Crippen LogP contribution in [0, 0.1) is 0 Å². The molecule has 0 unspecified atom stereocenters. The molecule has 0 bridgehead atoms. The van der Waals surface area contributed by atoms with Gasteiger partial charge in [-0.3, -0.25) is 5.10 Å². The minimum absolute atomic E-state index is 0.561. The molecule has 3 aromatic rings. The van der Waals surface area contributed by atoms with Crippen LogP contribution in [0.4, 0.5) is 0 Å². The second-order valence-electron chi connectivity index (χ2n) is 4.78. The zero-order chi connectivity index (χ0) is 16.1. The van der Waals surface area contributed by atoms with Crippen LogP contribution in [0.1, 0.15) is 17.0 Å². The first-order valence-corrected chi connectivity index (χ1v) is 8.67. The van der Waals surface area contributed by atoms with E-state index in [0.29, 0.717) is 15.2 Å². The van der Waals surface area contributed by atoms with Crippen molar-refractivity contribution in [2.45, 2.75) is 10.9 Å². The second kappa shape index (κ2) is 7.68. The van der Waals surface area contributed by atoms with E-state index in [1.807, 2.05) is 54.6 Å². The average Bonchev–Trinajstić information content (AvgIpc) is 3.03. The fourth-order valence-electron chi connectivity index (χ4n) is 1.91. The smallest absolute Gasteiger partial charge is 0.209 e. The van der Waals surface area contributed by atoms with Crippen molar-refractivity contribution in [3.05, 3.63) is 75.5 Å². The molecule has 0 spiro atoms. The maximum absolute atomic E-state index is 6.01. The van der Waals surface area contributed by atoms with Crippen molar-refractivity contribution < 1.29 is 0 Å². The van der Waals surface area contributed by atoms with Crippen LogP contribution in [0.2, 0.25) is 10.0 Å². The van der Waals surface area contributed by atoms with Gasteiger partial charge < -0.3 is 0 Å². The molecule has 1 heterocycles. The molecule has 3 rings (SSSR count). The number of hydrogen-bond acceptors (Lipinski definition) is 3. The van der Waals surface area contributed by atoms with Crippen LogP contribution >= 0.6 is 35.0 Å². The van der Waals surface area contributed by atoms with Gasteiger partial charge in [0.15, 0.2) is 0 Å². The third kappa shape index (κ3) is 4.61. The maximum Gasteiger partial charge on any atom is 0.209 e. The van der Waals surface area contributed by atoms with Crippen LogP contribution in [0.3, 0.4) is 0 Å². The fourth-order valence-corrected chi connectivity index (χ4v) is 2.98. The van der Waals surface area contributed by atoms with Crippen LogP contribution in [0.5, 0.6) is 0 Å². The molecular formula is C17H13Cl2N3S. The first kappa shape index (κ1) is 16.1. The summed E-state index contributed by atoms with van der Waals surface area (Å²) in [5.74, 6) is 1.46. The van der Waals surface area contributed by atoms with Gasteiger partial charge in [0, 0.05) is 5.75 Å². The van der Waals surface area contributed by atoms with E-state index in [1.165, 1.54) is 0 Å². The van der Waals surface area contributed by atoms with Crippen molar-refractivity contribution >= 4 is 47.1 Å². The van der Waals surface area contributed by atoms with E-state index < -0.39 is 0 Å². The summed E-state index contributed by atoms with van der Waals surface area (Å²) < 4.78 is 0. The molecule has 6 heteroatoms. The highest BCUT2D eigenvalue weighted by atomic mass is 35.5. The van der Waals surface area contributed by atoms with Crippen molar-refractivity contribution in [1.29, 1.82) is 0 Å². The van der Waals surface area contributed by atoms with Crippen LogP contribution < -0.4 is 0 Å². The van der Waals surface area contributed by atoms with Crippen molar-refractivity contribution in [2.75, 3.05) is 0 Å². The molecule has 1 aromatic heterocycles. The Bertz CT molecular complexity index is 816. The number of aromatic amines is 1. The number of H-pyrrole nitrogens is 1. The van der Waals surface area contributed by atoms with Gasteiger partial charge in [0.1, 0.15) is 5.82 Å². The molecule has 0 fully saturated rings. The number of hydrogen-bond donors (Lipinski definition) is 1. The van der Waals surface area contributed by atoms with E-state index in [-0.39, 0.29) is 0 Å². The van der Waals surface area contributed by atoms with Crippen molar-refractivity contribution in [1.82, 2.24) is 15.2 Å². The number of thioether (sulfide) groups is 1. The Morgan fingerprint density at radius 3 is 2.61 bits per heavy atom. The quantitative estimate of drug-likeness (QED) is 0.603. The van der Waals surface area contributed by atoms with Gasteiger partial charge in [0.25, 0.3) is 0 Å². The Hall–Kier alpha value is -1.75. The summed E-state index contributed by atoms with van der Waals surface area (Å²) in [7, 11) is 0. The van der Waals surface area contributed by atoms with Gasteiger partial charge in [0.2, 0.25) is 5.16 Å². The lowest BCUT2D eigenvalue weighted by atomic mass is 10.2. The van der Waals surface area contributed by atoms with E-state index in [1.54, 1.807) is 17.8 Å². The van der Waals surface area contributed by atoms with Gasteiger partial charge in [0.05, 0.1) is 10.0 Å². The zero-order valence-corrected chi connectivity index (χ0v) is 14.4. The normalized spacial score (nSPS) is 11.2. The number of nitrogens with zero attached hydrogens (tertiary/aromatic N) is 2. The standard InChI is InChI=1S/C17H13Cl2N3S/c18-14-8-6-13(10-15(14)19)11-23-17-20-16(21-22-17)9-7-12-4-2-1-3-5-12/h1-10H,11H2,(H,20,21,22). The maximum atomic E-state index is 6.01. The first-order chi connectivity index (χ1) is 11.2. The summed E-state index contributed by atoms with van der Waals surface area (Å²) in [6.45, 7) is 0. The Balaban J connectivity index is 1.61. The summed E-state index contributed by atoms with van der Waals surface area (Å²) in [5.41, 5.74) is 2.20. The fraction of sp³-hybridized carbons (Fsp3) is 0.0588. The van der Waals surface area contributed by atoms with Crippen LogP contribution in [-0.2, 0) is 5.75 Å². The highest BCUT2D eigenvalue weighted by Crippen LogP contribution is 2.26. The molecule has 0 aliphatic heterocycles. The monoisotopic (exact) mass is 361 g/mol. The zero-order valence-electron chi connectivity index (χ0n) is 12.0. The topological polar surface area (TPSA) is 41.6 Å². The summed E-state index contributed by atoms with van der Waals surface area (Å²) in [4.78, 5) is 4.43. The molecule has 0 saturated heterocycles. The molecule has 116 valence electrons. The average molecular weight is 362 g/mol. The molecular weight excluding hydrogens is 349 g/mol. The van der Waals surface area contributed by atoms with E-state index in [2.05, 4.69) is 15.2 Å². The summed E-state index contributed by atoms with van der Waals surface area (Å²) >= 11 is 13.5. The summed E-state index contributed by atoms with van der Waals surface area (Å²) in [6.07, 6.45) is 3.90. The van der Waals surface area contributed by atoms with Gasteiger partial charge in [-0.1, -0.05) is 77.4 Å². The third-order valence-corrected chi connectivity index (χ3v) is 4.72. The summed E-state index contributed by atoms with van der Waals surface area (Å²) in [6, 6.07) is 15.7. The number of nitrogens with one attached hydrogen (secondary N) is 1. The summed E-state index contributed by atoms with van der Waals surface area (Å²) in [5, 5.41) is 8.94. The lowest BCUT2D eigenvalue weighted by Gasteiger charge is -2.00. The lowest BCUT2D eigenvalue weighted by molar-refractivity contribution is 0.972. The molecule has 0 amide bonds. The van der Waals surface area contributed by atoms with Crippen molar-refractivity contribution in [3.63, 3.8) is 0 Å². The molecule has 0 aliphatic rings. The molecule has 3 nitrogen and oxygen atoms in total. The largest absolute Gasteiger partial charge is 0.259 e. The predicted octanol–water partition coefficient (Wildman–Crippen LogP) is 5.57. The molecule has 0 saturated carbocycles. The number of benzene rings is 2. The molecule has 0 aliphatic carbocycles. The number of aromatic nitrogens is 3. The number of rotatable bonds is 5. The molecule has 1 N–H and O–H groups in total. The minimum atomic E-state index is 0.561. The SMILES string of the molecule is Clc1ccc(CSc2n[nH]c(C=Cc3ccccc3)n2)cc1Cl. The molecule has 23 heavy (non-hydrogen) atoms. The van der Waals surface area contributed by atoms with Crippen LogP contribution in [0.25, 0.3) is 12.2 Å². The van der Waals surface area contributed by atoms with Gasteiger partial charge >= 0.3 is 0 Å². The van der Waals surface area contributed by atoms with Gasteiger partial charge in [-0.25, -0.2) is 4.98 Å². The van der Waals surface area contributed by atoms with E-state index in [9.17, 15) is 0 Å². The number of halogens is 2. The van der Waals surface area contributed by atoms with E-state index >= 15 is 0 Å². The Morgan fingerprint density at radius 2 is 1.83 bits per heavy atom. The minimum Gasteiger partial charge on any atom is -0.259 e. The predicted molar refractivity (Wildman–Crippen MR) is 97.8 cm³/mol. The van der Waals surface area contributed by atoms with Gasteiger partial charge in [-0.15, -0.1) is 5.10 Å². The van der Waals surface area contributed by atoms with Gasteiger partial charge in [-0.2, -0.15) is 0 Å². The van der Waals surface area contributed by atoms with Gasteiger partial charge in [-0.05, 0) is 29.3 Å². The van der Waals surface area contributed by atoms with Crippen LogP contribution in [-0.4, -0.2) is 15.2 Å². The van der Waals surface area contributed by atoms with Crippen molar-refractivity contribution in [2.24, 2.45) is 0 Å². The second-order valence-corrected chi connectivity index (χ2v) is 6.54. The Labute approximate surface area is 148 Å².